The lowest BCUT2D eigenvalue weighted by molar-refractivity contribution is 0.782. The quantitative estimate of drug-likeness (QED) is 0.486. The summed E-state index contributed by atoms with van der Waals surface area (Å²) in [5.41, 5.74) is 7.10. The maximum Gasteiger partial charge on any atom is 0.0648 e. The molecule has 4 aromatic rings. The van der Waals surface area contributed by atoms with Crippen LogP contribution in [0.4, 0.5) is 0 Å². The van der Waals surface area contributed by atoms with Crippen molar-refractivity contribution in [2.45, 2.75) is 25.7 Å². The average Bonchev–Trinajstić information content (AvgIpc) is 3.34. The van der Waals surface area contributed by atoms with Crippen LogP contribution in [0.2, 0.25) is 0 Å². The lowest BCUT2D eigenvalue weighted by atomic mass is 10.0. The van der Waals surface area contributed by atoms with E-state index in [-0.39, 0.29) is 0 Å². The molecule has 0 fully saturated rings. The second-order valence-electron chi connectivity index (χ2n) is 6.84. The van der Waals surface area contributed by atoms with Gasteiger partial charge in [-0.3, -0.25) is 0 Å². The van der Waals surface area contributed by atoms with Crippen LogP contribution < -0.4 is 0 Å². The molecular weight excluding hydrogens is 320 g/mol. The number of benzene rings is 2. The van der Waals surface area contributed by atoms with Crippen LogP contribution in [0.1, 0.15) is 22.5 Å². The molecule has 4 heteroatoms. The minimum Gasteiger partial charge on any atom is -0.241 e. The summed E-state index contributed by atoms with van der Waals surface area (Å²) in [6.07, 6.45) is 7.90. The Hall–Kier alpha value is -3.14. The van der Waals surface area contributed by atoms with Crippen molar-refractivity contribution >= 4 is 0 Å². The van der Waals surface area contributed by atoms with Crippen molar-refractivity contribution in [3.8, 4) is 11.4 Å². The van der Waals surface area contributed by atoms with E-state index in [4.69, 9.17) is 10.2 Å². The van der Waals surface area contributed by atoms with Crippen LogP contribution in [0, 0.1) is 0 Å². The van der Waals surface area contributed by atoms with Crippen molar-refractivity contribution in [3.63, 3.8) is 0 Å². The smallest absolute Gasteiger partial charge is 0.0648 e. The molecule has 0 saturated heterocycles. The fourth-order valence-electron chi connectivity index (χ4n) is 3.53. The third-order valence-electron chi connectivity index (χ3n) is 4.98. The van der Waals surface area contributed by atoms with Gasteiger partial charge in [-0.2, -0.15) is 10.2 Å². The highest BCUT2D eigenvalue weighted by atomic mass is 15.3. The predicted octanol–water partition coefficient (Wildman–Crippen LogP) is 3.94. The summed E-state index contributed by atoms with van der Waals surface area (Å²) in [5, 5.41) is 9.49. The first kappa shape index (κ1) is 15.1. The molecule has 8 bridgehead atoms. The Bertz CT molecular complexity index is 971. The van der Waals surface area contributed by atoms with Crippen molar-refractivity contribution < 1.29 is 0 Å². The molecular formula is C22H20N4. The Kier molecular flexibility index (Phi) is 3.67. The second kappa shape index (κ2) is 6.30. The zero-order valence-corrected chi connectivity index (χ0v) is 14.5. The summed E-state index contributed by atoms with van der Waals surface area (Å²) in [7, 11) is 0. The van der Waals surface area contributed by atoms with E-state index in [1.165, 1.54) is 11.1 Å². The van der Waals surface area contributed by atoms with E-state index in [2.05, 4.69) is 60.7 Å². The maximum atomic E-state index is 4.74. The summed E-state index contributed by atoms with van der Waals surface area (Å²) >= 11 is 0. The Labute approximate surface area is 152 Å². The van der Waals surface area contributed by atoms with E-state index < -0.39 is 0 Å². The van der Waals surface area contributed by atoms with Gasteiger partial charge in [-0.1, -0.05) is 24.3 Å². The van der Waals surface area contributed by atoms with Gasteiger partial charge in [-0.15, -0.1) is 0 Å². The van der Waals surface area contributed by atoms with Gasteiger partial charge in [0.05, 0.1) is 22.8 Å². The molecule has 0 atom stereocenters. The standard InChI is InChI=1S/C22H20N4/c1-3-17-7-8-18-4-2-6-22(16-18)26-14-12-20(24-26)10-9-19-11-13-25(23-19)21(5-1)15-17/h1-6,11-16H,7-10H2. The maximum absolute atomic E-state index is 4.74. The van der Waals surface area contributed by atoms with Crippen LogP contribution in [0.5, 0.6) is 0 Å². The zero-order valence-electron chi connectivity index (χ0n) is 14.5. The number of rotatable bonds is 0. The minimum absolute atomic E-state index is 0.893. The van der Waals surface area contributed by atoms with Gasteiger partial charge in [0.2, 0.25) is 0 Å². The van der Waals surface area contributed by atoms with Gasteiger partial charge in [-0.05, 0) is 73.2 Å². The van der Waals surface area contributed by atoms with Gasteiger partial charge in [-0.25, -0.2) is 9.36 Å². The largest absolute Gasteiger partial charge is 0.241 e. The topological polar surface area (TPSA) is 35.6 Å². The van der Waals surface area contributed by atoms with E-state index in [1.807, 2.05) is 21.8 Å². The lowest BCUT2D eigenvalue weighted by Crippen LogP contribution is -2.02. The molecule has 128 valence electrons. The Morgan fingerprint density at radius 2 is 1.08 bits per heavy atom. The van der Waals surface area contributed by atoms with Gasteiger partial charge < -0.3 is 0 Å². The highest BCUT2D eigenvalue weighted by molar-refractivity contribution is 5.38. The first-order valence-corrected chi connectivity index (χ1v) is 9.11. The molecule has 0 N–H and O–H groups in total. The van der Waals surface area contributed by atoms with Crippen molar-refractivity contribution in [1.29, 1.82) is 0 Å². The molecule has 0 radical (unpaired) electrons. The van der Waals surface area contributed by atoms with Crippen molar-refractivity contribution in [1.82, 2.24) is 19.6 Å². The third-order valence-corrected chi connectivity index (χ3v) is 4.98. The van der Waals surface area contributed by atoms with Gasteiger partial charge >= 0.3 is 0 Å². The molecule has 0 amide bonds. The van der Waals surface area contributed by atoms with E-state index in [9.17, 15) is 0 Å². The fourth-order valence-corrected chi connectivity index (χ4v) is 3.53. The van der Waals surface area contributed by atoms with Crippen LogP contribution >= 0.6 is 0 Å². The highest BCUT2D eigenvalue weighted by Crippen LogP contribution is 2.17. The zero-order chi connectivity index (χ0) is 17.3. The summed E-state index contributed by atoms with van der Waals surface area (Å²) in [6, 6.07) is 21.6. The van der Waals surface area contributed by atoms with E-state index in [1.54, 1.807) is 0 Å². The number of aromatic nitrogens is 4. The minimum atomic E-state index is 0.893. The Morgan fingerprint density at radius 3 is 1.58 bits per heavy atom. The first-order valence-electron chi connectivity index (χ1n) is 9.11. The molecule has 2 aromatic carbocycles. The number of aryl methyl sites for hydroxylation is 4. The average molecular weight is 340 g/mol. The van der Waals surface area contributed by atoms with E-state index >= 15 is 0 Å². The SMILES string of the molecule is c1cc2cc(c1)-n1ccc(n1)CCc1ccn(n1)-c1cccc(c1)CC2. The first-order chi connectivity index (χ1) is 12.8. The van der Waals surface area contributed by atoms with Crippen LogP contribution in [-0.4, -0.2) is 19.6 Å². The van der Waals surface area contributed by atoms with E-state index in [0.29, 0.717) is 0 Å². The number of nitrogens with zero attached hydrogens (tertiary/aromatic N) is 4. The summed E-state index contributed by atoms with van der Waals surface area (Å²) in [6.45, 7) is 0. The second-order valence-corrected chi connectivity index (χ2v) is 6.84. The van der Waals surface area contributed by atoms with Crippen LogP contribution in [-0.2, 0) is 25.7 Å². The number of hydrogen-bond acceptors (Lipinski definition) is 2. The molecule has 5 rings (SSSR count). The Balaban J connectivity index is 1.57. The highest BCUT2D eigenvalue weighted by Gasteiger charge is 2.07. The summed E-state index contributed by atoms with van der Waals surface area (Å²) in [4.78, 5) is 0. The molecule has 0 spiro atoms. The molecule has 0 saturated carbocycles. The predicted molar refractivity (Wildman–Crippen MR) is 102 cm³/mol. The molecule has 0 aliphatic carbocycles. The molecule has 2 aromatic heterocycles. The van der Waals surface area contributed by atoms with Gasteiger partial charge in [0, 0.05) is 12.4 Å². The summed E-state index contributed by atoms with van der Waals surface area (Å²) < 4.78 is 3.95. The van der Waals surface area contributed by atoms with Crippen LogP contribution in [0.3, 0.4) is 0 Å². The molecule has 0 unspecified atom stereocenters. The van der Waals surface area contributed by atoms with Gasteiger partial charge in [0.25, 0.3) is 0 Å². The molecule has 1 aliphatic heterocycles. The van der Waals surface area contributed by atoms with Crippen molar-refractivity contribution in [3.05, 3.63) is 95.6 Å². The Morgan fingerprint density at radius 1 is 0.577 bits per heavy atom. The van der Waals surface area contributed by atoms with Crippen molar-refractivity contribution in [2.75, 3.05) is 0 Å². The summed E-state index contributed by atoms with van der Waals surface area (Å²) in [5.74, 6) is 0. The van der Waals surface area contributed by atoms with Gasteiger partial charge in [0.15, 0.2) is 0 Å². The molecule has 26 heavy (non-hydrogen) atoms. The van der Waals surface area contributed by atoms with Crippen molar-refractivity contribution in [2.24, 2.45) is 0 Å². The number of hydrogen-bond donors (Lipinski definition) is 0. The molecule has 3 heterocycles. The van der Waals surface area contributed by atoms with Gasteiger partial charge in [0.1, 0.15) is 0 Å². The molecule has 4 nitrogen and oxygen atoms in total. The van der Waals surface area contributed by atoms with Crippen LogP contribution in [0.15, 0.2) is 73.1 Å². The molecule has 1 aliphatic rings. The fraction of sp³-hybridized carbons (Fsp3) is 0.182. The normalized spacial score (nSPS) is 13.5. The third kappa shape index (κ3) is 2.94. The van der Waals surface area contributed by atoms with Crippen LogP contribution in [0.25, 0.3) is 11.4 Å². The number of fused-ring (bicyclic) bond motifs is 10. The monoisotopic (exact) mass is 340 g/mol. The lowest BCUT2D eigenvalue weighted by Gasteiger charge is -2.08. The van der Waals surface area contributed by atoms with E-state index in [0.717, 1.165) is 48.4 Å².